The lowest BCUT2D eigenvalue weighted by molar-refractivity contribution is 0.205. The van der Waals surface area contributed by atoms with E-state index < -0.39 is 11.9 Å². The molecule has 0 aliphatic carbocycles. The number of hydrogen-bond acceptors (Lipinski definition) is 2. The van der Waals surface area contributed by atoms with Crippen LogP contribution < -0.4 is 0 Å². The smallest absolute Gasteiger partial charge is 0.140 e. The fourth-order valence-electron chi connectivity index (χ4n) is 0.925. The average Bonchev–Trinajstić information content (AvgIpc) is 2.17. The van der Waals surface area contributed by atoms with Gasteiger partial charge in [0.25, 0.3) is 0 Å². The van der Waals surface area contributed by atoms with E-state index in [0.717, 1.165) is 0 Å². The predicted molar refractivity (Wildman–Crippen MR) is 49.9 cm³/mol. The third-order valence-corrected chi connectivity index (χ3v) is 2.26. The average molecular weight is 244 g/mol. The molecule has 0 saturated heterocycles. The SMILES string of the molecule is N#Cc1cc(C(O)CBr)ccc1F. The molecule has 1 N–H and O–H groups in total. The van der Waals surface area contributed by atoms with Gasteiger partial charge in [0, 0.05) is 5.33 Å². The van der Waals surface area contributed by atoms with Gasteiger partial charge >= 0.3 is 0 Å². The molecule has 1 atom stereocenters. The van der Waals surface area contributed by atoms with Crippen molar-refractivity contribution in [3.63, 3.8) is 0 Å². The predicted octanol–water partition coefficient (Wildman–Crippen LogP) is 2.13. The quantitative estimate of drug-likeness (QED) is 0.810. The summed E-state index contributed by atoms with van der Waals surface area (Å²) in [4.78, 5) is 0. The molecule has 0 spiro atoms. The Balaban J connectivity index is 3.08. The molecule has 0 amide bonds. The van der Waals surface area contributed by atoms with Crippen molar-refractivity contribution >= 4 is 15.9 Å². The van der Waals surface area contributed by atoms with Gasteiger partial charge in [0.1, 0.15) is 11.9 Å². The van der Waals surface area contributed by atoms with E-state index in [-0.39, 0.29) is 5.56 Å². The lowest BCUT2D eigenvalue weighted by Gasteiger charge is -2.06. The zero-order valence-electron chi connectivity index (χ0n) is 6.67. The van der Waals surface area contributed by atoms with E-state index in [0.29, 0.717) is 10.9 Å². The molecule has 0 aliphatic rings. The van der Waals surface area contributed by atoms with Crippen LogP contribution in [0.5, 0.6) is 0 Å². The Morgan fingerprint density at radius 2 is 2.31 bits per heavy atom. The summed E-state index contributed by atoms with van der Waals surface area (Å²) >= 11 is 3.09. The summed E-state index contributed by atoms with van der Waals surface area (Å²) in [5.41, 5.74) is 0.493. The first kappa shape index (κ1) is 10.2. The van der Waals surface area contributed by atoms with Crippen molar-refractivity contribution in [2.75, 3.05) is 5.33 Å². The topological polar surface area (TPSA) is 44.0 Å². The van der Waals surface area contributed by atoms with Crippen LogP contribution in [0.2, 0.25) is 0 Å². The molecule has 13 heavy (non-hydrogen) atoms. The first-order valence-electron chi connectivity index (χ1n) is 3.62. The lowest BCUT2D eigenvalue weighted by atomic mass is 10.1. The van der Waals surface area contributed by atoms with Gasteiger partial charge in [-0.25, -0.2) is 4.39 Å². The number of halogens is 2. The summed E-state index contributed by atoms with van der Waals surface area (Å²) in [7, 11) is 0. The summed E-state index contributed by atoms with van der Waals surface area (Å²) in [6.07, 6.45) is -0.701. The fraction of sp³-hybridized carbons (Fsp3) is 0.222. The monoisotopic (exact) mass is 243 g/mol. The molecule has 0 fully saturated rings. The zero-order chi connectivity index (χ0) is 9.84. The van der Waals surface area contributed by atoms with Crippen LogP contribution in [0.4, 0.5) is 4.39 Å². The molecule has 0 bridgehead atoms. The minimum Gasteiger partial charge on any atom is -0.388 e. The van der Waals surface area contributed by atoms with E-state index in [1.165, 1.54) is 18.2 Å². The molecule has 1 rings (SSSR count). The minimum absolute atomic E-state index is 0.0440. The van der Waals surface area contributed by atoms with Crippen LogP contribution in [0.25, 0.3) is 0 Å². The molecule has 1 unspecified atom stereocenters. The van der Waals surface area contributed by atoms with E-state index in [9.17, 15) is 9.50 Å². The third kappa shape index (κ3) is 2.27. The Hall–Kier alpha value is -0.920. The molecule has 0 aliphatic heterocycles. The summed E-state index contributed by atoms with van der Waals surface area (Å²) < 4.78 is 12.8. The normalized spacial score (nSPS) is 12.2. The zero-order valence-corrected chi connectivity index (χ0v) is 8.25. The number of aliphatic hydroxyl groups excluding tert-OH is 1. The van der Waals surface area contributed by atoms with Crippen molar-refractivity contribution in [3.8, 4) is 6.07 Å². The number of nitriles is 1. The largest absolute Gasteiger partial charge is 0.388 e. The number of alkyl halides is 1. The molecule has 0 heterocycles. The first-order chi connectivity index (χ1) is 6.19. The van der Waals surface area contributed by atoms with Crippen molar-refractivity contribution in [2.45, 2.75) is 6.10 Å². The molecular weight excluding hydrogens is 237 g/mol. The van der Waals surface area contributed by atoms with Crippen molar-refractivity contribution < 1.29 is 9.50 Å². The Morgan fingerprint density at radius 1 is 1.62 bits per heavy atom. The van der Waals surface area contributed by atoms with Crippen molar-refractivity contribution in [3.05, 3.63) is 35.1 Å². The van der Waals surface area contributed by atoms with Gasteiger partial charge in [0.05, 0.1) is 11.7 Å². The van der Waals surface area contributed by atoms with Gasteiger partial charge < -0.3 is 5.11 Å². The molecule has 4 heteroatoms. The van der Waals surface area contributed by atoms with Gasteiger partial charge in [-0.1, -0.05) is 22.0 Å². The van der Waals surface area contributed by atoms with Crippen molar-refractivity contribution in [2.24, 2.45) is 0 Å². The highest BCUT2D eigenvalue weighted by Crippen LogP contribution is 2.18. The van der Waals surface area contributed by atoms with Gasteiger partial charge in [0.15, 0.2) is 0 Å². The van der Waals surface area contributed by atoms with E-state index in [2.05, 4.69) is 15.9 Å². The van der Waals surface area contributed by atoms with E-state index in [1.807, 2.05) is 0 Å². The van der Waals surface area contributed by atoms with Crippen molar-refractivity contribution in [1.82, 2.24) is 0 Å². The standard InChI is InChI=1S/C9H7BrFNO/c10-4-9(13)6-1-2-8(11)7(3-6)5-12/h1-3,9,13H,4H2. The van der Waals surface area contributed by atoms with Crippen molar-refractivity contribution in [1.29, 1.82) is 5.26 Å². The summed E-state index contributed by atoms with van der Waals surface area (Å²) in [6.45, 7) is 0. The maximum absolute atomic E-state index is 12.8. The lowest BCUT2D eigenvalue weighted by Crippen LogP contribution is -1.99. The summed E-state index contributed by atoms with van der Waals surface area (Å²) in [5.74, 6) is -0.562. The highest BCUT2D eigenvalue weighted by atomic mass is 79.9. The maximum Gasteiger partial charge on any atom is 0.140 e. The van der Waals surface area contributed by atoms with Crippen LogP contribution in [-0.2, 0) is 0 Å². The Morgan fingerprint density at radius 3 is 2.85 bits per heavy atom. The highest BCUT2D eigenvalue weighted by Gasteiger charge is 2.08. The summed E-state index contributed by atoms with van der Waals surface area (Å²) in [6, 6.07) is 5.70. The molecule has 68 valence electrons. The first-order valence-corrected chi connectivity index (χ1v) is 4.74. The van der Waals surface area contributed by atoms with Gasteiger partial charge in [-0.2, -0.15) is 5.26 Å². The number of benzene rings is 1. The van der Waals surface area contributed by atoms with Gasteiger partial charge in [-0.3, -0.25) is 0 Å². The molecule has 0 radical (unpaired) electrons. The van der Waals surface area contributed by atoms with Crippen LogP contribution in [-0.4, -0.2) is 10.4 Å². The van der Waals surface area contributed by atoms with Gasteiger partial charge in [0.2, 0.25) is 0 Å². The second kappa shape index (κ2) is 4.35. The van der Waals surface area contributed by atoms with Crippen LogP contribution in [0.1, 0.15) is 17.2 Å². The molecule has 1 aromatic carbocycles. The second-order valence-corrected chi connectivity index (χ2v) is 3.17. The van der Waals surface area contributed by atoms with Crippen LogP contribution in [0.15, 0.2) is 18.2 Å². The highest BCUT2D eigenvalue weighted by molar-refractivity contribution is 9.09. The van der Waals surface area contributed by atoms with Gasteiger partial charge in [-0.15, -0.1) is 0 Å². The fourth-order valence-corrected chi connectivity index (χ4v) is 1.30. The number of hydrogen-bond donors (Lipinski definition) is 1. The van der Waals surface area contributed by atoms with E-state index >= 15 is 0 Å². The summed E-state index contributed by atoms with van der Waals surface area (Å²) in [5, 5.41) is 18.2. The Bertz CT molecular complexity index is 348. The molecule has 2 nitrogen and oxygen atoms in total. The van der Waals surface area contributed by atoms with Gasteiger partial charge in [-0.05, 0) is 17.7 Å². The Kier molecular flexibility index (Phi) is 3.40. The molecule has 0 aromatic heterocycles. The maximum atomic E-state index is 12.8. The molecule has 1 aromatic rings. The molecular formula is C9H7BrFNO. The number of aliphatic hydroxyl groups is 1. The van der Waals surface area contributed by atoms with Crippen LogP contribution >= 0.6 is 15.9 Å². The number of rotatable bonds is 2. The van der Waals surface area contributed by atoms with E-state index in [1.54, 1.807) is 6.07 Å². The van der Waals surface area contributed by atoms with Crippen LogP contribution in [0.3, 0.4) is 0 Å². The Labute approximate surface area is 83.7 Å². The van der Waals surface area contributed by atoms with Crippen LogP contribution in [0, 0.1) is 17.1 Å². The number of nitrogens with zero attached hydrogens (tertiary/aromatic N) is 1. The second-order valence-electron chi connectivity index (χ2n) is 2.52. The third-order valence-electron chi connectivity index (χ3n) is 1.64. The molecule has 0 saturated carbocycles. The minimum atomic E-state index is -0.701. The van der Waals surface area contributed by atoms with E-state index in [4.69, 9.17) is 5.26 Å².